The van der Waals surface area contributed by atoms with Crippen molar-refractivity contribution in [2.45, 2.75) is 29.4 Å². The van der Waals surface area contributed by atoms with Crippen LogP contribution in [0, 0.1) is 6.92 Å². The van der Waals surface area contributed by atoms with Gasteiger partial charge in [0.15, 0.2) is 15.9 Å². The number of carbonyl (C=O) groups is 1. The lowest BCUT2D eigenvalue weighted by Gasteiger charge is -2.14. The monoisotopic (exact) mass is 579 g/mol. The number of hydrogen-bond acceptors (Lipinski definition) is 9. The molecule has 0 saturated carbocycles. The number of nitrogens with one attached hydrogen (secondary N) is 2. The van der Waals surface area contributed by atoms with Crippen molar-refractivity contribution in [3.63, 3.8) is 0 Å². The molecule has 39 heavy (non-hydrogen) atoms. The van der Waals surface area contributed by atoms with Crippen molar-refractivity contribution in [2.75, 3.05) is 15.8 Å². The van der Waals surface area contributed by atoms with Gasteiger partial charge < -0.3 is 5.32 Å². The van der Waals surface area contributed by atoms with Gasteiger partial charge in [-0.2, -0.15) is 5.10 Å². The van der Waals surface area contributed by atoms with Crippen molar-refractivity contribution >= 4 is 60.9 Å². The van der Waals surface area contributed by atoms with E-state index in [1.807, 2.05) is 31.2 Å². The number of carbonyl (C=O) groups excluding carboxylic acids is 1. The van der Waals surface area contributed by atoms with Gasteiger partial charge in [0.2, 0.25) is 5.91 Å². The molecule has 5 aromatic rings. The summed E-state index contributed by atoms with van der Waals surface area (Å²) in [6.07, 6.45) is 3.08. The molecule has 0 radical (unpaired) electrons. The van der Waals surface area contributed by atoms with Crippen molar-refractivity contribution < 1.29 is 13.2 Å². The number of thiazole rings is 1. The summed E-state index contributed by atoms with van der Waals surface area (Å²) in [6.45, 7) is 2.00. The Balaban J connectivity index is 1.17. The van der Waals surface area contributed by atoms with E-state index < -0.39 is 10.0 Å². The standard InChI is InChI=1S/C25H21N7O4S3/c1-15-2-6-17(7-3-15)32-22-20(13-27-32)23(34)31-18(14-38-25(31)29-22)12-21(33)28-16-4-8-19(9-5-16)39(35,36)30-24-26-10-11-37-24/h2-11,13,18H,12,14H2,1H3,(H,26,30)(H,28,33). The van der Waals surface area contributed by atoms with E-state index in [0.717, 1.165) is 11.3 Å². The van der Waals surface area contributed by atoms with Gasteiger partial charge in [-0.15, -0.1) is 11.3 Å². The largest absolute Gasteiger partial charge is 0.326 e. The van der Waals surface area contributed by atoms with E-state index in [1.54, 1.807) is 14.6 Å². The summed E-state index contributed by atoms with van der Waals surface area (Å²) in [5.41, 5.74) is 2.61. The van der Waals surface area contributed by atoms with E-state index in [1.165, 1.54) is 59.8 Å². The molecule has 1 amide bonds. The van der Waals surface area contributed by atoms with Gasteiger partial charge in [-0.1, -0.05) is 29.5 Å². The lowest BCUT2D eigenvalue weighted by atomic mass is 10.2. The SMILES string of the molecule is Cc1ccc(-n2ncc3c(=O)n4c(nc32)SCC4CC(=O)Nc2ccc(S(=O)(=O)Nc3nccs3)cc2)cc1. The molecule has 14 heteroatoms. The Kier molecular flexibility index (Phi) is 6.45. The van der Waals surface area contributed by atoms with Crippen LogP contribution in [-0.4, -0.2) is 44.4 Å². The van der Waals surface area contributed by atoms with E-state index >= 15 is 0 Å². The van der Waals surface area contributed by atoms with Crippen LogP contribution in [0.2, 0.25) is 0 Å². The third-order valence-corrected chi connectivity index (χ3v) is 9.44. The number of rotatable bonds is 7. The lowest BCUT2D eigenvalue weighted by molar-refractivity contribution is -0.116. The highest BCUT2D eigenvalue weighted by molar-refractivity contribution is 7.99. The number of nitrogens with zero attached hydrogens (tertiary/aromatic N) is 5. The van der Waals surface area contributed by atoms with Gasteiger partial charge in [0, 0.05) is 29.4 Å². The van der Waals surface area contributed by atoms with Crippen LogP contribution < -0.4 is 15.6 Å². The van der Waals surface area contributed by atoms with Crippen LogP contribution in [0.3, 0.4) is 0 Å². The minimum atomic E-state index is -3.79. The first-order valence-corrected chi connectivity index (χ1v) is 15.2. The molecule has 0 bridgehead atoms. The number of amides is 1. The molecule has 1 aliphatic rings. The van der Waals surface area contributed by atoms with Gasteiger partial charge in [0.05, 0.1) is 22.8 Å². The van der Waals surface area contributed by atoms with Gasteiger partial charge >= 0.3 is 0 Å². The minimum Gasteiger partial charge on any atom is -0.326 e. The van der Waals surface area contributed by atoms with Gasteiger partial charge in [-0.25, -0.2) is 23.1 Å². The van der Waals surface area contributed by atoms with Crippen LogP contribution in [0.1, 0.15) is 18.0 Å². The molecule has 4 heterocycles. The van der Waals surface area contributed by atoms with Crippen LogP contribution in [0.25, 0.3) is 16.7 Å². The Morgan fingerprint density at radius 3 is 2.62 bits per heavy atom. The number of benzene rings is 2. The summed E-state index contributed by atoms with van der Waals surface area (Å²) in [4.78, 5) is 34.9. The second-order valence-electron chi connectivity index (χ2n) is 8.88. The molecule has 0 saturated heterocycles. The van der Waals surface area contributed by atoms with Crippen LogP contribution in [0.4, 0.5) is 10.8 Å². The Morgan fingerprint density at radius 2 is 1.90 bits per heavy atom. The smallest absolute Gasteiger partial charge is 0.265 e. The molecule has 11 nitrogen and oxygen atoms in total. The molecule has 2 aromatic carbocycles. The molecule has 6 rings (SSSR count). The number of aryl methyl sites for hydroxylation is 1. The predicted octanol–water partition coefficient (Wildman–Crippen LogP) is 3.82. The predicted molar refractivity (Wildman–Crippen MR) is 150 cm³/mol. The average Bonchev–Trinajstić information content (AvgIpc) is 3.66. The summed E-state index contributed by atoms with van der Waals surface area (Å²) in [5, 5.41) is 10.0. The van der Waals surface area contributed by atoms with Crippen molar-refractivity contribution in [2.24, 2.45) is 0 Å². The summed E-state index contributed by atoms with van der Waals surface area (Å²) in [7, 11) is -3.79. The highest BCUT2D eigenvalue weighted by atomic mass is 32.2. The second kappa shape index (κ2) is 9.94. The minimum absolute atomic E-state index is 0.0460. The van der Waals surface area contributed by atoms with Crippen molar-refractivity contribution in [1.29, 1.82) is 0 Å². The zero-order valence-corrected chi connectivity index (χ0v) is 22.9. The van der Waals surface area contributed by atoms with Crippen LogP contribution in [0.5, 0.6) is 0 Å². The summed E-state index contributed by atoms with van der Waals surface area (Å²) in [5.74, 6) is 0.229. The molecule has 3 aromatic heterocycles. The van der Waals surface area contributed by atoms with Gasteiger partial charge in [0.25, 0.3) is 15.6 Å². The van der Waals surface area contributed by atoms with E-state index in [0.29, 0.717) is 27.6 Å². The van der Waals surface area contributed by atoms with Gasteiger partial charge in [-0.05, 0) is 43.3 Å². The van der Waals surface area contributed by atoms with Crippen LogP contribution in [0.15, 0.2) is 81.2 Å². The van der Waals surface area contributed by atoms with E-state index in [2.05, 4.69) is 20.1 Å². The zero-order valence-electron chi connectivity index (χ0n) is 20.4. The molecule has 1 unspecified atom stereocenters. The van der Waals surface area contributed by atoms with Gasteiger partial charge in [0.1, 0.15) is 5.39 Å². The number of sulfonamides is 1. The quantitative estimate of drug-likeness (QED) is 0.277. The van der Waals surface area contributed by atoms with E-state index in [4.69, 9.17) is 4.98 Å². The van der Waals surface area contributed by atoms with Crippen LogP contribution >= 0.6 is 23.1 Å². The molecule has 0 fully saturated rings. The summed E-state index contributed by atoms with van der Waals surface area (Å²) in [6, 6.07) is 13.3. The molecule has 198 valence electrons. The van der Waals surface area contributed by atoms with Crippen molar-refractivity contribution in [3.05, 3.63) is 82.2 Å². The van der Waals surface area contributed by atoms with E-state index in [-0.39, 0.29) is 34.0 Å². The number of anilines is 2. The summed E-state index contributed by atoms with van der Waals surface area (Å²) >= 11 is 2.60. The second-order valence-corrected chi connectivity index (χ2v) is 12.4. The number of hydrogen-bond donors (Lipinski definition) is 2. The first-order valence-electron chi connectivity index (χ1n) is 11.8. The molecule has 1 atom stereocenters. The normalized spacial score (nSPS) is 14.8. The lowest BCUT2D eigenvalue weighted by Crippen LogP contribution is -2.27. The maximum absolute atomic E-state index is 13.4. The Morgan fingerprint density at radius 1 is 1.13 bits per heavy atom. The molecule has 1 aliphatic heterocycles. The number of aromatic nitrogens is 5. The molecular formula is C25H21N7O4S3. The fraction of sp³-hybridized carbons (Fsp3) is 0.160. The maximum Gasteiger partial charge on any atom is 0.265 e. The molecule has 0 spiro atoms. The first kappa shape index (κ1) is 25.3. The fourth-order valence-corrected chi connectivity index (χ4v) is 7.17. The van der Waals surface area contributed by atoms with Crippen molar-refractivity contribution in [3.8, 4) is 5.69 Å². The zero-order chi connectivity index (χ0) is 27.1. The van der Waals surface area contributed by atoms with E-state index in [9.17, 15) is 18.0 Å². The van der Waals surface area contributed by atoms with Crippen LogP contribution in [-0.2, 0) is 14.8 Å². The summed E-state index contributed by atoms with van der Waals surface area (Å²) < 4.78 is 30.7. The third-order valence-electron chi connectivity index (χ3n) is 6.17. The maximum atomic E-state index is 13.4. The first-order chi connectivity index (χ1) is 18.8. The average molecular weight is 580 g/mol. The topological polar surface area (TPSA) is 141 Å². The Bertz CT molecular complexity index is 1850. The molecule has 0 aliphatic carbocycles. The third kappa shape index (κ3) is 4.93. The fourth-order valence-electron chi connectivity index (χ4n) is 4.25. The Labute approximate surface area is 231 Å². The highest BCUT2D eigenvalue weighted by Gasteiger charge is 2.29. The Hall–Kier alpha value is -4.01. The number of fused-ring (bicyclic) bond motifs is 2. The van der Waals surface area contributed by atoms with Crippen molar-refractivity contribution in [1.82, 2.24) is 24.3 Å². The molecule has 2 N–H and O–H groups in total. The number of thioether (sulfide) groups is 1. The molecular weight excluding hydrogens is 559 g/mol. The highest BCUT2D eigenvalue weighted by Crippen LogP contribution is 2.33. The van der Waals surface area contributed by atoms with Gasteiger partial charge in [-0.3, -0.25) is 18.9 Å².